The molecule has 9 nitrogen and oxygen atoms in total. The second kappa shape index (κ2) is 10.2. The Hall–Kier alpha value is -3.27. The normalized spacial score (nSPS) is 19.6. The highest BCUT2D eigenvalue weighted by atomic mass is 35.5. The third-order valence-electron chi connectivity index (χ3n) is 6.11. The highest BCUT2D eigenvalue weighted by Gasteiger charge is 2.32. The number of carbonyl (C=O) groups is 1. The van der Waals surface area contributed by atoms with Gasteiger partial charge in [0.15, 0.2) is 5.75 Å². The second-order valence-corrected chi connectivity index (χ2v) is 8.88. The lowest BCUT2D eigenvalue weighted by molar-refractivity contribution is -0.101. The number of anilines is 2. The molecule has 2 aromatic heterocycles. The molecule has 1 saturated heterocycles. The molecule has 0 bridgehead atoms. The lowest BCUT2D eigenvalue weighted by atomic mass is 9.98. The molecule has 0 radical (unpaired) electrons. The van der Waals surface area contributed by atoms with Gasteiger partial charge in [-0.2, -0.15) is 0 Å². The van der Waals surface area contributed by atoms with E-state index in [1.807, 2.05) is 18.2 Å². The Bertz CT molecular complexity index is 1220. The average Bonchev–Trinajstić information content (AvgIpc) is 3.26. The first-order valence-electron chi connectivity index (χ1n) is 11.5. The molecule has 2 atom stereocenters. The van der Waals surface area contributed by atoms with Crippen LogP contribution in [0.4, 0.5) is 11.4 Å². The molecule has 10 heteroatoms. The van der Waals surface area contributed by atoms with Crippen LogP contribution in [0.5, 0.6) is 11.5 Å². The van der Waals surface area contributed by atoms with E-state index >= 15 is 0 Å². The second-order valence-electron chi connectivity index (χ2n) is 8.47. The molecule has 5 rings (SSSR count). The van der Waals surface area contributed by atoms with Gasteiger partial charge < -0.3 is 34.6 Å². The van der Waals surface area contributed by atoms with Crippen LogP contribution >= 0.6 is 11.6 Å². The number of ether oxygens (including phenoxy) is 4. The number of hydrogen-bond donors (Lipinski definition) is 3. The van der Waals surface area contributed by atoms with Crippen molar-refractivity contribution in [3.8, 4) is 22.8 Å². The fraction of sp³-hybridized carbons (Fsp3) is 0.360. The predicted molar refractivity (Wildman–Crippen MR) is 132 cm³/mol. The van der Waals surface area contributed by atoms with Crippen LogP contribution in [0.2, 0.25) is 5.02 Å². The molecule has 0 unspecified atom stereocenters. The molecule has 184 valence electrons. The summed E-state index contributed by atoms with van der Waals surface area (Å²) in [5, 5.41) is 6.83. The van der Waals surface area contributed by atoms with Crippen molar-refractivity contribution in [2.45, 2.75) is 18.9 Å². The predicted octanol–water partition coefficient (Wildman–Crippen LogP) is 4.12. The maximum Gasteiger partial charge on any atom is 0.255 e. The summed E-state index contributed by atoms with van der Waals surface area (Å²) < 4.78 is 22.8. The summed E-state index contributed by atoms with van der Waals surface area (Å²) in [6.07, 6.45) is 3.19. The van der Waals surface area contributed by atoms with E-state index in [2.05, 4.69) is 27.5 Å². The maximum absolute atomic E-state index is 13.0. The quantitative estimate of drug-likeness (QED) is 0.449. The zero-order valence-electron chi connectivity index (χ0n) is 19.5. The number of H-pyrrole nitrogens is 1. The summed E-state index contributed by atoms with van der Waals surface area (Å²) in [4.78, 5) is 20.8. The summed E-state index contributed by atoms with van der Waals surface area (Å²) in [5.74, 6) is 0.986. The lowest BCUT2D eigenvalue weighted by Crippen LogP contribution is -2.33. The van der Waals surface area contributed by atoms with Crippen LogP contribution in [0.1, 0.15) is 28.9 Å². The third kappa shape index (κ3) is 4.67. The molecule has 1 aromatic carbocycles. The van der Waals surface area contributed by atoms with Crippen LogP contribution in [0.3, 0.4) is 0 Å². The van der Waals surface area contributed by atoms with Gasteiger partial charge in [-0.3, -0.25) is 9.78 Å². The van der Waals surface area contributed by atoms with Crippen LogP contribution in [0, 0.1) is 0 Å². The zero-order valence-corrected chi connectivity index (χ0v) is 20.3. The molecule has 2 aliphatic heterocycles. The van der Waals surface area contributed by atoms with Gasteiger partial charge in [-0.05, 0) is 18.2 Å². The van der Waals surface area contributed by atoms with Crippen LogP contribution in [0.15, 0.2) is 36.7 Å². The minimum Gasteiger partial charge on any atom is -0.493 e. The van der Waals surface area contributed by atoms with Gasteiger partial charge >= 0.3 is 0 Å². The van der Waals surface area contributed by atoms with E-state index < -0.39 is 0 Å². The number of nitrogens with zero attached hydrogens (tertiary/aromatic N) is 1. The number of rotatable bonds is 7. The maximum atomic E-state index is 13.0. The Balaban J connectivity index is 1.58. The SMILES string of the molecule is COc1c(Cl)cccc1Nc1c(-c2ccncc2OC[C@@H]2COCCO2)[nH]c2c1C(=O)NC[C@@H]2C. The summed E-state index contributed by atoms with van der Waals surface area (Å²) in [6.45, 7) is 4.54. The van der Waals surface area contributed by atoms with Crippen LogP contribution in [0.25, 0.3) is 11.3 Å². The van der Waals surface area contributed by atoms with Crippen LogP contribution in [-0.2, 0) is 9.47 Å². The van der Waals surface area contributed by atoms with Gasteiger partial charge in [0, 0.05) is 29.9 Å². The highest BCUT2D eigenvalue weighted by Crippen LogP contribution is 2.44. The Kier molecular flexibility index (Phi) is 6.81. The van der Waals surface area contributed by atoms with Gasteiger partial charge in [-0.1, -0.05) is 24.6 Å². The van der Waals surface area contributed by atoms with Gasteiger partial charge in [-0.25, -0.2) is 0 Å². The summed E-state index contributed by atoms with van der Waals surface area (Å²) in [7, 11) is 1.56. The van der Waals surface area contributed by atoms with Crippen molar-refractivity contribution in [2.75, 3.05) is 45.4 Å². The first kappa shape index (κ1) is 23.5. The fourth-order valence-electron chi connectivity index (χ4n) is 4.35. The molecule has 1 amide bonds. The molecule has 1 fully saturated rings. The molecule has 2 aliphatic rings. The lowest BCUT2D eigenvalue weighted by Gasteiger charge is -2.23. The fourth-order valence-corrected chi connectivity index (χ4v) is 4.61. The smallest absolute Gasteiger partial charge is 0.255 e. The Labute approximate surface area is 208 Å². The van der Waals surface area contributed by atoms with E-state index in [-0.39, 0.29) is 17.9 Å². The molecule has 0 saturated carbocycles. The van der Waals surface area contributed by atoms with E-state index in [1.165, 1.54) is 0 Å². The minimum absolute atomic E-state index is 0.0947. The zero-order chi connectivity index (χ0) is 24.4. The number of amides is 1. The Morgan fingerprint density at radius 2 is 2.17 bits per heavy atom. The van der Waals surface area contributed by atoms with Gasteiger partial charge in [0.1, 0.15) is 18.5 Å². The van der Waals surface area contributed by atoms with Gasteiger partial charge in [-0.15, -0.1) is 0 Å². The van der Waals surface area contributed by atoms with E-state index in [0.717, 1.165) is 11.3 Å². The largest absolute Gasteiger partial charge is 0.493 e. The number of carbonyl (C=O) groups excluding carboxylic acids is 1. The topological polar surface area (TPSA) is 107 Å². The number of nitrogens with one attached hydrogen (secondary N) is 3. The van der Waals surface area contributed by atoms with Crippen LogP contribution < -0.4 is 20.1 Å². The monoisotopic (exact) mass is 498 g/mol. The minimum atomic E-state index is -0.159. The number of para-hydroxylation sites is 1. The van der Waals surface area contributed by atoms with Crippen molar-refractivity contribution in [1.82, 2.24) is 15.3 Å². The Morgan fingerprint density at radius 1 is 1.29 bits per heavy atom. The van der Waals surface area contributed by atoms with E-state index in [1.54, 1.807) is 25.6 Å². The number of fused-ring (bicyclic) bond motifs is 1. The summed E-state index contributed by atoms with van der Waals surface area (Å²) in [6, 6.07) is 7.28. The molecule has 0 aliphatic carbocycles. The standard InChI is InChI=1S/C25H27ClN4O5/c1-14-10-28-25(31)20-21(14)30-22(23(20)29-18-5-3-4-17(26)24(18)32-2)16-6-7-27-11-19(16)35-13-15-12-33-8-9-34-15/h3-7,11,14-15,29-30H,8-10,12-13H2,1-2H3,(H,28,31)/t14-,15-/m0/s1. The number of aromatic nitrogens is 2. The van der Waals surface area contributed by atoms with E-state index in [0.29, 0.717) is 72.1 Å². The molecule has 3 aromatic rings. The number of benzene rings is 1. The Morgan fingerprint density at radius 3 is 2.97 bits per heavy atom. The summed E-state index contributed by atoms with van der Waals surface area (Å²) in [5.41, 5.74) is 4.11. The van der Waals surface area contributed by atoms with Crippen molar-refractivity contribution >= 4 is 28.9 Å². The molecule has 4 heterocycles. The third-order valence-corrected chi connectivity index (χ3v) is 6.41. The van der Waals surface area contributed by atoms with Crippen molar-refractivity contribution in [3.05, 3.63) is 52.9 Å². The first-order chi connectivity index (χ1) is 17.1. The highest BCUT2D eigenvalue weighted by molar-refractivity contribution is 6.32. The van der Waals surface area contributed by atoms with Crippen molar-refractivity contribution < 1.29 is 23.7 Å². The van der Waals surface area contributed by atoms with Gasteiger partial charge in [0.25, 0.3) is 5.91 Å². The number of aromatic amines is 1. The molecule has 35 heavy (non-hydrogen) atoms. The first-order valence-corrected chi connectivity index (χ1v) is 11.8. The molecular formula is C25H27ClN4O5. The molecular weight excluding hydrogens is 472 g/mol. The van der Waals surface area contributed by atoms with E-state index in [9.17, 15) is 4.79 Å². The average molecular weight is 499 g/mol. The van der Waals surface area contributed by atoms with E-state index in [4.69, 9.17) is 30.5 Å². The number of pyridine rings is 1. The number of methoxy groups -OCH3 is 1. The van der Waals surface area contributed by atoms with Gasteiger partial charge in [0.05, 0.1) is 60.8 Å². The van der Waals surface area contributed by atoms with Crippen molar-refractivity contribution in [3.63, 3.8) is 0 Å². The number of hydrogen-bond acceptors (Lipinski definition) is 7. The van der Waals surface area contributed by atoms with Crippen LogP contribution in [-0.4, -0.2) is 62.1 Å². The van der Waals surface area contributed by atoms with Crippen molar-refractivity contribution in [2.24, 2.45) is 0 Å². The number of halogens is 1. The molecule has 3 N–H and O–H groups in total. The van der Waals surface area contributed by atoms with Gasteiger partial charge in [0.2, 0.25) is 0 Å². The molecule has 0 spiro atoms. The summed E-state index contributed by atoms with van der Waals surface area (Å²) >= 11 is 6.36. The van der Waals surface area contributed by atoms with Crippen molar-refractivity contribution in [1.29, 1.82) is 0 Å².